The second-order valence-corrected chi connectivity index (χ2v) is 8.89. The molecule has 4 rings (SSSR count). The van der Waals surface area contributed by atoms with Gasteiger partial charge in [-0.2, -0.15) is 13.2 Å². The monoisotopic (exact) mass is 484 g/mol. The van der Waals surface area contributed by atoms with Crippen LogP contribution in [-0.4, -0.2) is 16.8 Å². The van der Waals surface area contributed by atoms with Gasteiger partial charge < -0.3 is 10.6 Å². The molecule has 6 nitrogen and oxygen atoms in total. The van der Waals surface area contributed by atoms with Gasteiger partial charge in [0.05, 0.1) is 17.3 Å². The third kappa shape index (κ3) is 6.61. The van der Waals surface area contributed by atoms with Crippen LogP contribution in [0.4, 0.5) is 13.2 Å². The quantitative estimate of drug-likeness (QED) is 0.539. The number of carbonyl (C=O) groups is 2. The summed E-state index contributed by atoms with van der Waals surface area (Å²) < 4.78 is 41.4. The number of alkyl halides is 3. The average Bonchev–Trinajstić information content (AvgIpc) is 3.65. The highest BCUT2D eigenvalue weighted by Crippen LogP contribution is 2.36. The number of nitrogens with one attached hydrogen (secondary N) is 3. The van der Waals surface area contributed by atoms with E-state index in [-0.39, 0.29) is 30.3 Å². The molecule has 2 atom stereocenters. The van der Waals surface area contributed by atoms with E-state index in [1.165, 1.54) is 12.1 Å². The lowest BCUT2D eigenvalue weighted by Crippen LogP contribution is -2.47. The number of aromatic nitrogens is 1. The van der Waals surface area contributed by atoms with E-state index in [2.05, 4.69) is 32.8 Å². The van der Waals surface area contributed by atoms with Crippen molar-refractivity contribution in [1.29, 1.82) is 0 Å². The Kier molecular flexibility index (Phi) is 7.41. The highest BCUT2D eigenvalue weighted by Gasteiger charge is 2.38. The molecule has 2 fully saturated rings. The van der Waals surface area contributed by atoms with E-state index >= 15 is 0 Å². The van der Waals surface area contributed by atoms with Crippen molar-refractivity contribution < 1.29 is 22.8 Å². The lowest BCUT2D eigenvalue weighted by Gasteiger charge is -2.33. The normalized spacial score (nSPS) is 19.9. The van der Waals surface area contributed by atoms with Crippen molar-refractivity contribution in [3.63, 3.8) is 0 Å². The lowest BCUT2D eigenvalue weighted by atomic mass is 9.97. The van der Waals surface area contributed by atoms with Gasteiger partial charge in [0.15, 0.2) is 0 Å². The Balaban J connectivity index is 1.56. The summed E-state index contributed by atoms with van der Waals surface area (Å²) in [5, 5.41) is 8.43. The molecule has 0 spiro atoms. The van der Waals surface area contributed by atoms with Gasteiger partial charge in [-0.1, -0.05) is 24.8 Å². The zero-order valence-electron chi connectivity index (χ0n) is 19.3. The Morgan fingerprint density at radius 1 is 1.23 bits per heavy atom. The fraction of sp³-hybridized carbons (Fsp3) is 0.423. The smallest absolute Gasteiger partial charge is 0.352 e. The van der Waals surface area contributed by atoms with Crippen molar-refractivity contribution in [2.75, 3.05) is 0 Å². The van der Waals surface area contributed by atoms with Crippen LogP contribution in [0.1, 0.15) is 79.2 Å². The lowest BCUT2D eigenvalue weighted by molar-refractivity contribution is -0.139. The summed E-state index contributed by atoms with van der Waals surface area (Å²) in [7, 11) is 0. The molecule has 1 aromatic carbocycles. The van der Waals surface area contributed by atoms with Crippen LogP contribution in [-0.2, 0) is 22.3 Å². The van der Waals surface area contributed by atoms with Gasteiger partial charge >= 0.3 is 6.18 Å². The van der Waals surface area contributed by atoms with E-state index in [0.29, 0.717) is 30.0 Å². The summed E-state index contributed by atoms with van der Waals surface area (Å²) in [4.78, 5) is 28.7. The van der Waals surface area contributed by atoms with Crippen LogP contribution in [0.25, 0.3) is 0 Å². The topological polar surface area (TPSA) is 83.1 Å². The number of benzene rings is 1. The number of halogens is 3. The molecule has 0 radical (unpaired) electrons. The Morgan fingerprint density at radius 3 is 2.69 bits per heavy atom. The third-order valence-electron chi connectivity index (χ3n) is 5.90. The van der Waals surface area contributed by atoms with Gasteiger partial charge in [0.25, 0.3) is 0 Å². The van der Waals surface area contributed by atoms with Gasteiger partial charge in [0.2, 0.25) is 11.8 Å². The van der Waals surface area contributed by atoms with Gasteiger partial charge in [0, 0.05) is 42.6 Å². The largest absolute Gasteiger partial charge is 0.416 e. The van der Waals surface area contributed by atoms with Crippen molar-refractivity contribution >= 4 is 11.8 Å². The van der Waals surface area contributed by atoms with Crippen molar-refractivity contribution in [3.05, 3.63) is 64.5 Å². The van der Waals surface area contributed by atoms with Crippen LogP contribution in [0, 0.1) is 17.8 Å². The van der Waals surface area contributed by atoms with Crippen LogP contribution in [0.15, 0.2) is 36.5 Å². The summed E-state index contributed by atoms with van der Waals surface area (Å²) >= 11 is 0. The molecule has 2 unspecified atom stereocenters. The van der Waals surface area contributed by atoms with Gasteiger partial charge in [-0.3, -0.25) is 19.9 Å². The average molecular weight is 485 g/mol. The van der Waals surface area contributed by atoms with Crippen LogP contribution in [0.2, 0.25) is 0 Å². The molecular weight excluding hydrogens is 457 g/mol. The minimum atomic E-state index is -4.61. The minimum Gasteiger partial charge on any atom is -0.352 e. The molecule has 184 valence electrons. The maximum absolute atomic E-state index is 13.8. The van der Waals surface area contributed by atoms with Crippen molar-refractivity contribution in [1.82, 2.24) is 20.9 Å². The van der Waals surface area contributed by atoms with Crippen molar-refractivity contribution in [2.45, 2.75) is 64.0 Å². The second kappa shape index (κ2) is 10.5. The van der Waals surface area contributed by atoms with Crippen molar-refractivity contribution in [2.24, 2.45) is 5.92 Å². The molecule has 1 aliphatic heterocycles. The van der Waals surface area contributed by atoms with Gasteiger partial charge in [-0.25, -0.2) is 0 Å². The summed E-state index contributed by atoms with van der Waals surface area (Å²) in [6.07, 6.45) is -0.766. The maximum atomic E-state index is 13.8. The van der Waals surface area contributed by atoms with E-state index in [9.17, 15) is 22.8 Å². The predicted octanol–water partition coefficient (Wildman–Crippen LogP) is 4.13. The highest BCUT2D eigenvalue weighted by molar-refractivity contribution is 5.78. The molecule has 3 N–H and O–H groups in total. The number of pyridine rings is 1. The molecule has 2 heterocycles. The number of hydrogen-bond donors (Lipinski definition) is 3. The number of hydrogen-bond acceptors (Lipinski definition) is 4. The van der Waals surface area contributed by atoms with E-state index in [1.54, 1.807) is 12.3 Å². The number of carbonyl (C=O) groups excluding carboxylic acids is 2. The standard InChI is InChI=1S/C26H27F3N4O2/c1-2-3-23(34)31-15-18-8-10-20(26(27,28)29)19(12-18)25-32-22(13-24(35)33-25)21-11-9-17(14-30-21)7-6-16-4-5-16/h8-12,14,16,22,25,32H,2-5,13,15H2,1H3,(H,31,34)(H,33,35). The molecule has 2 aliphatic rings. The fourth-order valence-corrected chi connectivity index (χ4v) is 3.90. The molecule has 2 amide bonds. The van der Waals surface area contributed by atoms with E-state index in [0.717, 1.165) is 24.5 Å². The molecule has 1 saturated heterocycles. The zero-order valence-corrected chi connectivity index (χ0v) is 19.3. The molecule has 35 heavy (non-hydrogen) atoms. The molecule has 0 bridgehead atoms. The van der Waals surface area contributed by atoms with E-state index in [4.69, 9.17) is 0 Å². The molecule has 1 aromatic heterocycles. The SMILES string of the molecule is CCCC(=O)NCc1ccc(C(F)(F)F)c(C2NC(=O)CC(c3ccc(C#CC4CC4)cn3)N2)c1. The molecule has 1 saturated carbocycles. The molecule has 9 heteroatoms. The first kappa shape index (κ1) is 24.7. The van der Waals surface area contributed by atoms with Crippen molar-refractivity contribution in [3.8, 4) is 11.8 Å². The number of rotatable bonds is 6. The first-order valence-corrected chi connectivity index (χ1v) is 11.7. The predicted molar refractivity (Wildman–Crippen MR) is 123 cm³/mol. The summed E-state index contributed by atoms with van der Waals surface area (Å²) in [6, 6.07) is 6.69. The molecule has 1 aliphatic carbocycles. The maximum Gasteiger partial charge on any atom is 0.416 e. The number of amides is 2. The highest BCUT2D eigenvalue weighted by atomic mass is 19.4. The Hall–Kier alpha value is -3.38. The molecule has 2 aromatic rings. The zero-order chi connectivity index (χ0) is 25.0. The van der Waals surface area contributed by atoms with Crippen LogP contribution in [0.5, 0.6) is 0 Å². The van der Waals surface area contributed by atoms with E-state index in [1.807, 2.05) is 13.0 Å². The molecular formula is C26H27F3N4O2. The van der Waals surface area contributed by atoms with Crippen LogP contribution < -0.4 is 16.0 Å². The van der Waals surface area contributed by atoms with Gasteiger partial charge in [-0.05, 0) is 49.1 Å². The van der Waals surface area contributed by atoms with Crippen LogP contribution in [0.3, 0.4) is 0 Å². The fourth-order valence-electron chi connectivity index (χ4n) is 3.90. The summed E-state index contributed by atoms with van der Waals surface area (Å²) in [5.74, 6) is 6.13. The first-order valence-electron chi connectivity index (χ1n) is 11.7. The Morgan fingerprint density at radius 2 is 2.03 bits per heavy atom. The Labute approximate surface area is 202 Å². The van der Waals surface area contributed by atoms with E-state index < -0.39 is 23.9 Å². The second-order valence-electron chi connectivity index (χ2n) is 8.89. The minimum absolute atomic E-state index is 0.0463. The van der Waals surface area contributed by atoms with Gasteiger partial charge in [-0.15, -0.1) is 0 Å². The summed E-state index contributed by atoms with van der Waals surface area (Å²) in [6.45, 7) is 1.96. The van der Waals surface area contributed by atoms with Gasteiger partial charge in [0.1, 0.15) is 6.17 Å². The third-order valence-corrected chi connectivity index (χ3v) is 5.90. The Bertz CT molecular complexity index is 1150. The number of nitrogens with zero attached hydrogens (tertiary/aromatic N) is 1. The van der Waals surface area contributed by atoms with Crippen LogP contribution >= 0.6 is 0 Å². The summed E-state index contributed by atoms with van der Waals surface area (Å²) in [5.41, 5.74) is 0.864. The first-order chi connectivity index (χ1) is 16.7.